The van der Waals surface area contributed by atoms with E-state index >= 15 is 0 Å². The van der Waals surface area contributed by atoms with Gasteiger partial charge in [0.2, 0.25) is 0 Å². The Kier molecular flexibility index (Phi) is 3.03. The van der Waals surface area contributed by atoms with Crippen molar-refractivity contribution in [2.45, 2.75) is 13.3 Å². The van der Waals surface area contributed by atoms with Crippen LogP contribution in [0.3, 0.4) is 0 Å². The molecule has 0 aliphatic heterocycles. The first kappa shape index (κ1) is 10.2. The molecule has 1 N–H and O–H groups in total. The highest BCUT2D eigenvalue weighted by molar-refractivity contribution is 9.10. The van der Waals surface area contributed by atoms with Gasteiger partial charge in [-0.2, -0.15) is 0 Å². The maximum atomic E-state index is 13.3. The molecule has 0 aliphatic carbocycles. The third-order valence-corrected chi connectivity index (χ3v) is 2.45. The fourth-order valence-electron chi connectivity index (χ4n) is 1.03. The van der Waals surface area contributed by atoms with Crippen LogP contribution in [-0.4, -0.2) is 11.1 Å². The van der Waals surface area contributed by atoms with Crippen LogP contribution in [0.2, 0.25) is 0 Å². The van der Waals surface area contributed by atoms with Gasteiger partial charge in [0.25, 0.3) is 0 Å². The standard InChI is InChI=1S/C9H8BrFO2/c1-5-2-3-7(10)6(9(5)11)4-8(12)13/h2-3H,4H2,1H3,(H,12,13). The zero-order valence-electron chi connectivity index (χ0n) is 6.97. The highest BCUT2D eigenvalue weighted by Gasteiger charge is 2.12. The molecular weight excluding hydrogens is 239 g/mol. The molecule has 0 saturated heterocycles. The number of aliphatic carboxylic acids is 1. The first-order chi connectivity index (χ1) is 6.02. The lowest BCUT2D eigenvalue weighted by Crippen LogP contribution is -2.04. The molecule has 0 heterocycles. The van der Waals surface area contributed by atoms with Crippen molar-refractivity contribution in [3.05, 3.63) is 33.5 Å². The van der Waals surface area contributed by atoms with Gasteiger partial charge in [0.1, 0.15) is 5.82 Å². The Morgan fingerprint density at radius 2 is 2.23 bits per heavy atom. The summed E-state index contributed by atoms with van der Waals surface area (Å²) in [5.41, 5.74) is 0.659. The van der Waals surface area contributed by atoms with Gasteiger partial charge in [-0.25, -0.2) is 4.39 Å². The average molecular weight is 247 g/mol. The summed E-state index contributed by atoms with van der Waals surface area (Å²) in [7, 11) is 0. The number of carboxylic acids is 1. The number of hydrogen-bond acceptors (Lipinski definition) is 1. The number of aryl methyl sites for hydroxylation is 1. The normalized spacial score (nSPS) is 10.1. The van der Waals surface area contributed by atoms with Crippen LogP contribution in [0.15, 0.2) is 16.6 Å². The molecular formula is C9H8BrFO2. The van der Waals surface area contributed by atoms with E-state index in [0.717, 1.165) is 0 Å². The minimum Gasteiger partial charge on any atom is -0.481 e. The first-order valence-electron chi connectivity index (χ1n) is 3.67. The summed E-state index contributed by atoms with van der Waals surface area (Å²) in [5.74, 6) is -1.48. The molecule has 1 aromatic rings. The zero-order chi connectivity index (χ0) is 10.0. The summed E-state index contributed by atoms with van der Waals surface area (Å²) >= 11 is 3.11. The van der Waals surface area contributed by atoms with Crippen molar-refractivity contribution < 1.29 is 14.3 Å². The number of rotatable bonds is 2. The van der Waals surface area contributed by atoms with E-state index in [9.17, 15) is 9.18 Å². The Morgan fingerprint density at radius 3 is 2.77 bits per heavy atom. The van der Waals surface area contributed by atoms with Gasteiger partial charge < -0.3 is 5.11 Å². The van der Waals surface area contributed by atoms with Crippen molar-refractivity contribution in [1.82, 2.24) is 0 Å². The molecule has 0 saturated carbocycles. The molecule has 0 spiro atoms. The van der Waals surface area contributed by atoms with Crippen LogP contribution in [0, 0.1) is 12.7 Å². The highest BCUT2D eigenvalue weighted by atomic mass is 79.9. The topological polar surface area (TPSA) is 37.3 Å². The second-order valence-corrected chi connectivity index (χ2v) is 3.58. The number of hydrogen-bond donors (Lipinski definition) is 1. The number of carboxylic acid groups (broad SMARTS) is 1. The van der Waals surface area contributed by atoms with Gasteiger partial charge in [-0.05, 0) is 18.6 Å². The van der Waals surface area contributed by atoms with Crippen molar-refractivity contribution in [1.29, 1.82) is 0 Å². The molecule has 2 nitrogen and oxygen atoms in total. The second-order valence-electron chi connectivity index (χ2n) is 2.73. The number of benzene rings is 1. The molecule has 0 aromatic heterocycles. The predicted molar refractivity (Wildman–Crippen MR) is 50.2 cm³/mol. The molecule has 0 atom stereocenters. The van der Waals surface area contributed by atoms with Crippen molar-refractivity contribution >= 4 is 21.9 Å². The molecule has 13 heavy (non-hydrogen) atoms. The molecule has 0 amide bonds. The lowest BCUT2D eigenvalue weighted by molar-refractivity contribution is -0.136. The van der Waals surface area contributed by atoms with Crippen molar-refractivity contribution in [2.24, 2.45) is 0 Å². The lowest BCUT2D eigenvalue weighted by atomic mass is 10.1. The van der Waals surface area contributed by atoms with E-state index in [1.807, 2.05) is 0 Å². The molecule has 1 rings (SSSR count). The van der Waals surface area contributed by atoms with Crippen LogP contribution < -0.4 is 0 Å². The van der Waals surface area contributed by atoms with E-state index in [1.54, 1.807) is 19.1 Å². The van der Waals surface area contributed by atoms with Gasteiger partial charge in [-0.15, -0.1) is 0 Å². The monoisotopic (exact) mass is 246 g/mol. The Labute approximate surface area is 83.5 Å². The molecule has 0 bridgehead atoms. The molecule has 0 radical (unpaired) electrons. The maximum Gasteiger partial charge on any atom is 0.307 e. The molecule has 0 fully saturated rings. The Balaban J connectivity index is 3.17. The van der Waals surface area contributed by atoms with Gasteiger partial charge in [0, 0.05) is 10.0 Å². The highest BCUT2D eigenvalue weighted by Crippen LogP contribution is 2.22. The second kappa shape index (κ2) is 3.87. The van der Waals surface area contributed by atoms with Crippen molar-refractivity contribution in [2.75, 3.05) is 0 Å². The average Bonchev–Trinajstić information content (AvgIpc) is 2.05. The largest absolute Gasteiger partial charge is 0.481 e. The third-order valence-electron chi connectivity index (χ3n) is 1.71. The summed E-state index contributed by atoms with van der Waals surface area (Å²) in [6, 6.07) is 3.25. The van der Waals surface area contributed by atoms with E-state index in [2.05, 4.69) is 15.9 Å². The van der Waals surface area contributed by atoms with Crippen LogP contribution in [0.25, 0.3) is 0 Å². The fraction of sp³-hybridized carbons (Fsp3) is 0.222. The van der Waals surface area contributed by atoms with E-state index in [-0.39, 0.29) is 12.0 Å². The lowest BCUT2D eigenvalue weighted by Gasteiger charge is -2.05. The van der Waals surface area contributed by atoms with Crippen LogP contribution in [-0.2, 0) is 11.2 Å². The van der Waals surface area contributed by atoms with Crippen LogP contribution in [0.5, 0.6) is 0 Å². The quantitative estimate of drug-likeness (QED) is 0.871. The maximum absolute atomic E-state index is 13.3. The van der Waals surface area contributed by atoms with Gasteiger partial charge in [0.15, 0.2) is 0 Å². The van der Waals surface area contributed by atoms with Crippen molar-refractivity contribution in [3.63, 3.8) is 0 Å². The van der Waals surface area contributed by atoms with E-state index in [0.29, 0.717) is 10.0 Å². The molecule has 70 valence electrons. The molecule has 1 aromatic carbocycles. The number of carbonyl (C=O) groups is 1. The van der Waals surface area contributed by atoms with Gasteiger partial charge in [0.05, 0.1) is 6.42 Å². The zero-order valence-corrected chi connectivity index (χ0v) is 8.56. The molecule has 4 heteroatoms. The summed E-state index contributed by atoms with van der Waals surface area (Å²) in [6.07, 6.45) is -0.298. The van der Waals surface area contributed by atoms with Crippen LogP contribution in [0.1, 0.15) is 11.1 Å². The van der Waals surface area contributed by atoms with Crippen LogP contribution >= 0.6 is 15.9 Å². The predicted octanol–water partition coefficient (Wildman–Crippen LogP) is 2.52. The minimum atomic E-state index is -1.04. The Bertz CT molecular complexity index is 350. The van der Waals surface area contributed by atoms with E-state index < -0.39 is 11.8 Å². The Hall–Kier alpha value is -0.900. The number of halogens is 2. The minimum absolute atomic E-state index is 0.201. The van der Waals surface area contributed by atoms with Crippen LogP contribution in [0.4, 0.5) is 4.39 Å². The molecule has 0 aliphatic rings. The van der Waals surface area contributed by atoms with Gasteiger partial charge in [-0.3, -0.25) is 4.79 Å². The van der Waals surface area contributed by atoms with E-state index in [4.69, 9.17) is 5.11 Å². The third kappa shape index (κ3) is 2.28. The summed E-state index contributed by atoms with van der Waals surface area (Å²) in [6.45, 7) is 1.60. The SMILES string of the molecule is Cc1ccc(Br)c(CC(=O)O)c1F. The first-order valence-corrected chi connectivity index (χ1v) is 4.47. The summed E-state index contributed by atoms with van der Waals surface area (Å²) < 4.78 is 13.8. The summed E-state index contributed by atoms with van der Waals surface area (Å²) in [4.78, 5) is 10.4. The Morgan fingerprint density at radius 1 is 1.62 bits per heavy atom. The summed E-state index contributed by atoms with van der Waals surface area (Å²) in [5, 5.41) is 8.52. The fourth-order valence-corrected chi connectivity index (χ4v) is 1.47. The van der Waals surface area contributed by atoms with E-state index in [1.165, 1.54) is 0 Å². The van der Waals surface area contributed by atoms with Gasteiger partial charge in [-0.1, -0.05) is 22.0 Å². The van der Waals surface area contributed by atoms with Gasteiger partial charge >= 0.3 is 5.97 Å². The smallest absolute Gasteiger partial charge is 0.307 e. The molecule has 0 unspecified atom stereocenters. The van der Waals surface area contributed by atoms with Crippen molar-refractivity contribution in [3.8, 4) is 0 Å².